The summed E-state index contributed by atoms with van der Waals surface area (Å²) in [6.45, 7) is 5.17. The Morgan fingerprint density at radius 1 is 1.19 bits per heavy atom. The van der Waals surface area contributed by atoms with E-state index in [-0.39, 0.29) is 17.2 Å². The van der Waals surface area contributed by atoms with Crippen LogP contribution in [-0.2, 0) is 4.79 Å². The highest BCUT2D eigenvalue weighted by Gasteiger charge is 2.17. The van der Waals surface area contributed by atoms with Gasteiger partial charge >= 0.3 is 0 Å². The van der Waals surface area contributed by atoms with Gasteiger partial charge in [0.2, 0.25) is 0 Å². The maximum absolute atomic E-state index is 13.3. The van der Waals surface area contributed by atoms with E-state index in [1.54, 1.807) is 42.5 Å². The van der Waals surface area contributed by atoms with Gasteiger partial charge in [-0.25, -0.2) is 9.37 Å². The van der Waals surface area contributed by atoms with Crippen molar-refractivity contribution in [3.05, 3.63) is 81.3 Å². The fraction of sp³-hybridized carbons (Fsp3) is 0.174. The van der Waals surface area contributed by atoms with Gasteiger partial charge in [0.15, 0.2) is 11.1 Å². The molecule has 0 aliphatic heterocycles. The number of hydrogen-bond donors (Lipinski definition) is 1. The van der Waals surface area contributed by atoms with E-state index in [0.29, 0.717) is 27.6 Å². The Kier molecular flexibility index (Phi) is 5.56. The van der Waals surface area contributed by atoms with Crippen LogP contribution in [0.2, 0.25) is 0 Å². The molecule has 2 aromatic carbocycles. The zero-order valence-electron chi connectivity index (χ0n) is 17.2. The number of aryl methyl sites for hydroxylation is 1. The molecule has 0 radical (unpaired) electrons. The smallest absolute Gasteiger partial charge is 0.265 e. The number of fused-ring (bicyclic) bond motifs is 1. The summed E-state index contributed by atoms with van der Waals surface area (Å²) in [5.74, 6) is -0.531. The number of carbonyl (C=O) groups excluding carboxylic acids is 1. The van der Waals surface area contributed by atoms with Crippen LogP contribution in [0, 0.1) is 19.7 Å². The largest absolute Gasteiger partial charge is 0.481 e. The third kappa shape index (κ3) is 4.20. The van der Waals surface area contributed by atoms with Gasteiger partial charge in [0.25, 0.3) is 11.5 Å². The summed E-state index contributed by atoms with van der Waals surface area (Å²) in [5, 5.41) is 4.68. The molecule has 4 rings (SSSR count). The highest BCUT2D eigenvalue weighted by Crippen LogP contribution is 2.27. The van der Waals surface area contributed by atoms with Crippen molar-refractivity contribution in [3.63, 3.8) is 0 Å². The second-order valence-corrected chi connectivity index (χ2v) is 7.99. The monoisotopic (exact) mass is 437 g/mol. The molecule has 1 atom stereocenters. The molecule has 0 spiro atoms. The maximum Gasteiger partial charge on any atom is 0.265 e. The van der Waals surface area contributed by atoms with Crippen LogP contribution in [0.25, 0.3) is 16.2 Å². The van der Waals surface area contributed by atoms with E-state index in [1.807, 2.05) is 18.4 Å². The van der Waals surface area contributed by atoms with Gasteiger partial charge in [-0.2, -0.15) is 0 Å². The molecule has 0 fully saturated rings. The van der Waals surface area contributed by atoms with Crippen LogP contribution in [0.4, 0.5) is 10.1 Å². The fourth-order valence-electron chi connectivity index (χ4n) is 3.13. The Morgan fingerprint density at radius 2 is 1.97 bits per heavy atom. The molecule has 1 N–H and O–H groups in total. The first kappa shape index (κ1) is 20.7. The number of ether oxygens (including phenoxy) is 1. The number of aromatic nitrogens is 2. The summed E-state index contributed by atoms with van der Waals surface area (Å²) in [6.07, 6.45) is -0.829. The standard InChI is InChI=1S/C23H20FN3O3S/c1-13-14(2)25-23-27(22(13)29)20(12-31-23)16-6-4-8-18(10-16)26-21(28)15(3)30-19-9-5-7-17(24)11-19/h4-12,15H,1-3H3,(H,26,28)/t15-/m1/s1. The Balaban J connectivity index is 1.58. The van der Waals surface area contributed by atoms with Crippen molar-refractivity contribution in [2.24, 2.45) is 0 Å². The van der Waals surface area contributed by atoms with Crippen LogP contribution in [0.1, 0.15) is 18.2 Å². The van der Waals surface area contributed by atoms with E-state index >= 15 is 0 Å². The number of amides is 1. The van der Waals surface area contributed by atoms with Crippen LogP contribution < -0.4 is 15.6 Å². The molecular formula is C23H20FN3O3S. The van der Waals surface area contributed by atoms with Crippen molar-refractivity contribution >= 4 is 27.9 Å². The lowest BCUT2D eigenvalue weighted by Gasteiger charge is -2.15. The number of thiazole rings is 1. The van der Waals surface area contributed by atoms with E-state index in [9.17, 15) is 14.0 Å². The first-order chi connectivity index (χ1) is 14.8. The quantitative estimate of drug-likeness (QED) is 0.496. The molecule has 2 aromatic heterocycles. The van der Waals surface area contributed by atoms with Gasteiger partial charge in [-0.1, -0.05) is 18.2 Å². The lowest BCUT2D eigenvalue weighted by atomic mass is 10.1. The molecule has 2 heterocycles. The van der Waals surface area contributed by atoms with E-state index < -0.39 is 11.9 Å². The van der Waals surface area contributed by atoms with Crippen molar-refractivity contribution < 1.29 is 13.9 Å². The molecule has 4 aromatic rings. The van der Waals surface area contributed by atoms with Crippen molar-refractivity contribution in [2.45, 2.75) is 26.9 Å². The Hall–Kier alpha value is -3.52. The minimum Gasteiger partial charge on any atom is -0.481 e. The third-order valence-electron chi connectivity index (χ3n) is 4.94. The number of rotatable bonds is 5. The first-order valence-electron chi connectivity index (χ1n) is 9.64. The van der Waals surface area contributed by atoms with Gasteiger partial charge in [0, 0.05) is 34.0 Å². The van der Waals surface area contributed by atoms with E-state index in [4.69, 9.17) is 4.74 Å². The molecule has 0 aliphatic carbocycles. The van der Waals surface area contributed by atoms with Crippen molar-refractivity contribution in [1.82, 2.24) is 9.38 Å². The van der Waals surface area contributed by atoms with Crippen LogP contribution >= 0.6 is 11.3 Å². The highest BCUT2D eigenvalue weighted by atomic mass is 32.1. The Labute approximate surface area is 182 Å². The predicted molar refractivity (Wildman–Crippen MR) is 119 cm³/mol. The lowest BCUT2D eigenvalue weighted by molar-refractivity contribution is -0.122. The number of halogens is 1. The van der Waals surface area contributed by atoms with Crippen LogP contribution in [0.5, 0.6) is 5.75 Å². The summed E-state index contributed by atoms with van der Waals surface area (Å²) >= 11 is 1.39. The van der Waals surface area contributed by atoms with E-state index in [1.165, 1.54) is 29.5 Å². The molecule has 158 valence electrons. The minimum absolute atomic E-state index is 0.106. The summed E-state index contributed by atoms with van der Waals surface area (Å²) in [5.41, 5.74) is 3.25. The van der Waals surface area contributed by atoms with E-state index in [0.717, 1.165) is 5.56 Å². The molecule has 0 saturated heterocycles. The number of anilines is 1. The highest BCUT2D eigenvalue weighted by molar-refractivity contribution is 7.15. The number of nitrogens with zero attached hydrogens (tertiary/aromatic N) is 2. The SMILES string of the molecule is Cc1nc2scc(-c3cccc(NC(=O)[C@@H](C)Oc4cccc(F)c4)c3)n2c(=O)c1C. The van der Waals surface area contributed by atoms with Crippen molar-refractivity contribution in [3.8, 4) is 17.0 Å². The zero-order chi connectivity index (χ0) is 22.1. The second kappa shape index (κ2) is 8.31. The molecule has 31 heavy (non-hydrogen) atoms. The van der Waals surface area contributed by atoms with Gasteiger partial charge in [0.1, 0.15) is 11.6 Å². The zero-order valence-corrected chi connectivity index (χ0v) is 18.0. The van der Waals surface area contributed by atoms with Crippen LogP contribution in [0.3, 0.4) is 0 Å². The topological polar surface area (TPSA) is 72.7 Å². The van der Waals surface area contributed by atoms with E-state index in [2.05, 4.69) is 10.3 Å². The molecule has 0 unspecified atom stereocenters. The van der Waals surface area contributed by atoms with Crippen molar-refractivity contribution in [2.75, 3.05) is 5.32 Å². The molecule has 8 heteroatoms. The summed E-state index contributed by atoms with van der Waals surface area (Å²) < 4.78 is 20.4. The molecule has 0 aliphatic rings. The van der Waals surface area contributed by atoms with Crippen LogP contribution in [0.15, 0.2) is 58.7 Å². The minimum atomic E-state index is -0.829. The summed E-state index contributed by atoms with van der Waals surface area (Å²) in [6, 6.07) is 12.8. The summed E-state index contributed by atoms with van der Waals surface area (Å²) in [7, 11) is 0. The Morgan fingerprint density at radius 3 is 2.74 bits per heavy atom. The predicted octanol–water partition coefficient (Wildman–Crippen LogP) is 4.58. The summed E-state index contributed by atoms with van der Waals surface area (Å²) in [4.78, 5) is 30.4. The molecule has 1 amide bonds. The average Bonchev–Trinajstić information content (AvgIpc) is 3.16. The average molecular weight is 437 g/mol. The number of hydrogen-bond acceptors (Lipinski definition) is 5. The van der Waals surface area contributed by atoms with Gasteiger partial charge in [-0.05, 0) is 45.0 Å². The maximum atomic E-state index is 13.3. The molecule has 6 nitrogen and oxygen atoms in total. The van der Waals surface area contributed by atoms with Gasteiger partial charge in [-0.3, -0.25) is 14.0 Å². The van der Waals surface area contributed by atoms with Crippen LogP contribution in [-0.4, -0.2) is 21.4 Å². The lowest BCUT2D eigenvalue weighted by Crippen LogP contribution is -2.30. The van der Waals surface area contributed by atoms with Crippen molar-refractivity contribution in [1.29, 1.82) is 0 Å². The fourth-order valence-corrected chi connectivity index (χ4v) is 4.07. The molecular weight excluding hydrogens is 417 g/mol. The van der Waals surface area contributed by atoms with Gasteiger partial charge < -0.3 is 10.1 Å². The normalized spacial score (nSPS) is 12.0. The Bertz CT molecular complexity index is 1350. The molecule has 0 saturated carbocycles. The number of carbonyl (C=O) groups is 1. The number of benzene rings is 2. The molecule has 0 bridgehead atoms. The third-order valence-corrected chi connectivity index (χ3v) is 5.77. The number of nitrogens with one attached hydrogen (secondary N) is 1. The second-order valence-electron chi connectivity index (χ2n) is 7.15. The van der Waals surface area contributed by atoms with Gasteiger partial charge in [0.05, 0.1) is 5.69 Å². The van der Waals surface area contributed by atoms with Gasteiger partial charge in [-0.15, -0.1) is 11.3 Å². The first-order valence-corrected chi connectivity index (χ1v) is 10.5.